The summed E-state index contributed by atoms with van der Waals surface area (Å²) in [4.78, 5) is 9.25. The topological polar surface area (TPSA) is 25.8 Å². The lowest BCUT2D eigenvalue weighted by molar-refractivity contribution is 1.33. The van der Waals surface area contributed by atoms with Crippen LogP contribution in [0.1, 0.15) is 0 Å². The van der Waals surface area contributed by atoms with E-state index >= 15 is 0 Å². The zero-order valence-corrected chi connectivity index (χ0v) is 20.6. The SMILES string of the molecule is c1ccc(-c2ccc(-c3ccc4ccc5c(-c6cccc7cccnc67)ccc6ccc3c4c65)cc2)nc1. The number of hydrogen-bond acceptors (Lipinski definition) is 2. The van der Waals surface area contributed by atoms with E-state index in [4.69, 9.17) is 4.98 Å². The zero-order valence-electron chi connectivity index (χ0n) is 20.6. The third-order valence-corrected chi connectivity index (χ3v) is 7.74. The molecule has 38 heavy (non-hydrogen) atoms. The Kier molecular flexibility index (Phi) is 4.55. The van der Waals surface area contributed by atoms with Crippen LogP contribution in [0, 0.1) is 0 Å². The summed E-state index contributed by atoms with van der Waals surface area (Å²) in [7, 11) is 0. The van der Waals surface area contributed by atoms with Crippen LogP contribution in [0.5, 0.6) is 0 Å². The van der Waals surface area contributed by atoms with Crippen molar-refractivity contribution in [3.8, 4) is 33.5 Å². The number of pyridine rings is 2. The van der Waals surface area contributed by atoms with Gasteiger partial charge < -0.3 is 0 Å². The summed E-state index contributed by atoms with van der Waals surface area (Å²) < 4.78 is 0. The lowest BCUT2D eigenvalue weighted by Gasteiger charge is -2.17. The predicted molar refractivity (Wildman–Crippen MR) is 160 cm³/mol. The summed E-state index contributed by atoms with van der Waals surface area (Å²) in [6, 6.07) is 43.5. The van der Waals surface area contributed by atoms with Crippen molar-refractivity contribution in [2.75, 3.05) is 0 Å². The minimum atomic E-state index is 0.991. The van der Waals surface area contributed by atoms with Crippen LogP contribution in [0.15, 0.2) is 134 Å². The molecule has 8 aromatic rings. The lowest BCUT2D eigenvalue weighted by atomic mass is 9.87. The van der Waals surface area contributed by atoms with Gasteiger partial charge in [-0.1, -0.05) is 103 Å². The Morgan fingerprint density at radius 2 is 1.03 bits per heavy atom. The average Bonchev–Trinajstić information content (AvgIpc) is 3.00. The van der Waals surface area contributed by atoms with Gasteiger partial charge in [-0.05, 0) is 67.2 Å². The number of aromatic nitrogens is 2. The van der Waals surface area contributed by atoms with Gasteiger partial charge in [-0.2, -0.15) is 0 Å². The Bertz CT molecular complexity index is 2100. The number of hydrogen-bond donors (Lipinski definition) is 0. The maximum absolute atomic E-state index is 4.74. The molecule has 0 atom stereocenters. The molecule has 6 aromatic carbocycles. The minimum Gasteiger partial charge on any atom is -0.256 e. The molecule has 0 amide bonds. The molecule has 0 radical (unpaired) electrons. The fourth-order valence-electron chi connectivity index (χ4n) is 5.96. The van der Waals surface area contributed by atoms with Crippen molar-refractivity contribution in [3.05, 3.63) is 134 Å². The Labute approximate surface area is 220 Å². The average molecular weight is 483 g/mol. The maximum Gasteiger partial charge on any atom is 0.0780 e. The molecule has 2 aromatic heterocycles. The van der Waals surface area contributed by atoms with E-state index < -0.39 is 0 Å². The summed E-state index contributed by atoms with van der Waals surface area (Å²) in [5, 5.41) is 8.87. The Balaban J connectivity index is 1.36. The van der Waals surface area contributed by atoms with Gasteiger partial charge in [0.1, 0.15) is 0 Å². The predicted octanol–water partition coefficient (Wildman–Crippen LogP) is 9.53. The highest BCUT2D eigenvalue weighted by Gasteiger charge is 2.16. The quantitative estimate of drug-likeness (QED) is 0.234. The normalized spacial score (nSPS) is 11.7. The van der Waals surface area contributed by atoms with Gasteiger partial charge >= 0.3 is 0 Å². The second-order valence-corrected chi connectivity index (χ2v) is 9.82. The van der Waals surface area contributed by atoms with Crippen molar-refractivity contribution in [2.45, 2.75) is 0 Å². The van der Waals surface area contributed by atoms with Crippen LogP contribution in [0.4, 0.5) is 0 Å². The molecule has 0 saturated carbocycles. The molecule has 2 heterocycles. The van der Waals surface area contributed by atoms with Crippen LogP contribution in [-0.2, 0) is 0 Å². The van der Waals surface area contributed by atoms with Crippen molar-refractivity contribution >= 4 is 43.2 Å². The second-order valence-electron chi connectivity index (χ2n) is 9.82. The van der Waals surface area contributed by atoms with Gasteiger partial charge in [-0.15, -0.1) is 0 Å². The van der Waals surface area contributed by atoms with Crippen molar-refractivity contribution in [1.29, 1.82) is 0 Å². The van der Waals surface area contributed by atoms with Crippen molar-refractivity contribution < 1.29 is 0 Å². The summed E-state index contributed by atoms with van der Waals surface area (Å²) in [5.74, 6) is 0. The number of fused-ring (bicyclic) bond motifs is 1. The van der Waals surface area contributed by atoms with Gasteiger partial charge in [0.2, 0.25) is 0 Å². The summed E-state index contributed by atoms with van der Waals surface area (Å²) in [6.07, 6.45) is 3.72. The molecular formula is C36H22N2. The monoisotopic (exact) mass is 482 g/mol. The molecule has 0 spiro atoms. The summed E-state index contributed by atoms with van der Waals surface area (Å²) in [5.41, 5.74) is 8.01. The standard InChI is InChI=1S/C36H22N2/c1-2-21-37-33(8-1)24-11-9-23(10-12-24)28-17-13-25-16-20-31-29(18-14-26-15-19-30(28)34(25)35(26)31)32-7-3-5-27-6-4-22-38-36(27)32/h1-22H. The van der Waals surface area contributed by atoms with Crippen LogP contribution in [0.25, 0.3) is 76.7 Å². The van der Waals surface area contributed by atoms with Crippen LogP contribution in [0.3, 0.4) is 0 Å². The van der Waals surface area contributed by atoms with E-state index in [1.54, 1.807) is 0 Å². The third-order valence-electron chi connectivity index (χ3n) is 7.74. The molecule has 176 valence electrons. The van der Waals surface area contributed by atoms with E-state index in [0.717, 1.165) is 22.2 Å². The first-order chi connectivity index (χ1) is 18.8. The van der Waals surface area contributed by atoms with Crippen LogP contribution in [-0.4, -0.2) is 9.97 Å². The van der Waals surface area contributed by atoms with Crippen molar-refractivity contribution in [2.24, 2.45) is 0 Å². The summed E-state index contributed by atoms with van der Waals surface area (Å²) >= 11 is 0. The van der Waals surface area contributed by atoms with Crippen LogP contribution in [0.2, 0.25) is 0 Å². The van der Waals surface area contributed by atoms with Gasteiger partial charge in [-0.25, -0.2) is 0 Å². The first kappa shape index (κ1) is 21.0. The fourth-order valence-corrected chi connectivity index (χ4v) is 5.96. The molecule has 0 N–H and O–H groups in total. The van der Waals surface area contributed by atoms with Crippen molar-refractivity contribution in [3.63, 3.8) is 0 Å². The van der Waals surface area contributed by atoms with Crippen molar-refractivity contribution in [1.82, 2.24) is 9.97 Å². The molecule has 0 saturated heterocycles. The molecule has 0 aliphatic carbocycles. The smallest absolute Gasteiger partial charge is 0.0780 e. The molecule has 2 nitrogen and oxygen atoms in total. The maximum atomic E-state index is 4.74. The number of para-hydroxylation sites is 1. The number of nitrogens with zero attached hydrogens (tertiary/aromatic N) is 2. The van der Waals surface area contributed by atoms with Gasteiger partial charge in [0.25, 0.3) is 0 Å². The molecule has 0 aliphatic rings. The Morgan fingerprint density at radius 3 is 1.79 bits per heavy atom. The van der Waals surface area contributed by atoms with E-state index in [9.17, 15) is 0 Å². The largest absolute Gasteiger partial charge is 0.256 e. The fraction of sp³-hybridized carbons (Fsp3) is 0. The van der Waals surface area contributed by atoms with Gasteiger partial charge in [0, 0.05) is 28.9 Å². The van der Waals surface area contributed by atoms with Gasteiger partial charge in [-0.3, -0.25) is 9.97 Å². The van der Waals surface area contributed by atoms with E-state index in [-0.39, 0.29) is 0 Å². The molecule has 0 aliphatic heterocycles. The number of rotatable bonds is 3. The van der Waals surface area contributed by atoms with E-state index in [1.807, 2.05) is 36.7 Å². The molecule has 0 bridgehead atoms. The van der Waals surface area contributed by atoms with Crippen LogP contribution < -0.4 is 0 Å². The zero-order chi connectivity index (χ0) is 25.1. The third kappa shape index (κ3) is 3.14. The minimum absolute atomic E-state index is 0.991. The van der Waals surface area contributed by atoms with E-state index in [1.165, 1.54) is 54.6 Å². The molecule has 8 rings (SSSR count). The molecular weight excluding hydrogens is 460 g/mol. The molecule has 0 fully saturated rings. The Morgan fingerprint density at radius 1 is 0.368 bits per heavy atom. The van der Waals surface area contributed by atoms with E-state index in [0.29, 0.717) is 0 Å². The first-order valence-electron chi connectivity index (χ1n) is 12.9. The van der Waals surface area contributed by atoms with Crippen LogP contribution >= 0.6 is 0 Å². The highest BCUT2D eigenvalue weighted by Crippen LogP contribution is 2.43. The first-order valence-corrected chi connectivity index (χ1v) is 12.9. The highest BCUT2D eigenvalue weighted by atomic mass is 14.7. The number of benzene rings is 6. The summed E-state index contributed by atoms with van der Waals surface area (Å²) in [6.45, 7) is 0. The van der Waals surface area contributed by atoms with Gasteiger partial charge in [0.05, 0.1) is 11.2 Å². The molecule has 0 unspecified atom stereocenters. The van der Waals surface area contributed by atoms with E-state index in [2.05, 4.69) is 102 Å². The Hall–Kier alpha value is -5.08. The second kappa shape index (κ2) is 8.22. The molecule has 2 heteroatoms. The van der Waals surface area contributed by atoms with Gasteiger partial charge in [0.15, 0.2) is 0 Å². The highest BCUT2D eigenvalue weighted by molar-refractivity contribution is 6.28. The lowest BCUT2D eigenvalue weighted by Crippen LogP contribution is -1.91.